The van der Waals surface area contributed by atoms with Gasteiger partial charge in [0.05, 0.1) is 12.6 Å². The fourth-order valence-corrected chi connectivity index (χ4v) is 1.89. The van der Waals surface area contributed by atoms with Crippen LogP contribution in [0.5, 0.6) is 0 Å². The van der Waals surface area contributed by atoms with E-state index < -0.39 is 0 Å². The van der Waals surface area contributed by atoms with Gasteiger partial charge in [-0.15, -0.1) is 0 Å². The van der Waals surface area contributed by atoms with Gasteiger partial charge in [-0.3, -0.25) is 9.69 Å². The van der Waals surface area contributed by atoms with Gasteiger partial charge in [-0.1, -0.05) is 30.3 Å². The molecule has 4 heteroatoms. The van der Waals surface area contributed by atoms with E-state index in [1.54, 1.807) is 19.0 Å². The molecular weight excluding hydrogens is 228 g/mol. The van der Waals surface area contributed by atoms with E-state index in [0.717, 1.165) is 5.56 Å². The number of aliphatic hydroxyl groups excluding tert-OH is 1. The minimum atomic E-state index is -0.229. The van der Waals surface area contributed by atoms with Crippen molar-refractivity contribution in [3.8, 4) is 0 Å². The predicted molar refractivity (Wildman–Crippen MR) is 72.1 cm³/mol. The van der Waals surface area contributed by atoms with Crippen molar-refractivity contribution in [3.05, 3.63) is 35.9 Å². The first kappa shape index (κ1) is 14.7. The van der Waals surface area contributed by atoms with Crippen molar-refractivity contribution in [2.75, 3.05) is 27.2 Å². The van der Waals surface area contributed by atoms with Gasteiger partial charge >= 0.3 is 0 Å². The second-order valence-electron chi connectivity index (χ2n) is 4.59. The van der Waals surface area contributed by atoms with E-state index in [-0.39, 0.29) is 18.6 Å². The summed E-state index contributed by atoms with van der Waals surface area (Å²) in [6.07, 6.45) is 0. The maximum atomic E-state index is 12.0. The van der Waals surface area contributed by atoms with E-state index in [0.29, 0.717) is 13.1 Å². The van der Waals surface area contributed by atoms with Crippen molar-refractivity contribution in [1.82, 2.24) is 9.80 Å². The van der Waals surface area contributed by atoms with Gasteiger partial charge in [0.25, 0.3) is 0 Å². The first-order valence-corrected chi connectivity index (χ1v) is 6.16. The third kappa shape index (κ3) is 4.13. The molecule has 0 aliphatic carbocycles. The number of hydrogen-bond donors (Lipinski definition) is 1. The van der Waals surface area contributed by atoms with Crippen molar-refractivity contribution in [1.29, 1.82) is 0 Å². The summed E-state index contributed by atoms with van der Waals surface area (Å²) >= 11 is 0. The lowest BCUT2D eigenvalue weighted by Crippen LogP contribution is -2.45. The molecule has 0 aromatic heterocycles. The Morgan fingerprint density at radius 2 is 1.89 bits per heavy atom. The molecule has 0 aliphatic heterocycles. The molecule has 1 atom stereocenters. The van der Waals surface area contributed by atoms with Gasteiger partial charge in [0.1, 0.15) is 0 Å². The number of aliphatic hydroxyl groups is 1. The molecule has 4 nitrogen and oxygen atoms in total. The molecule has 0 radical (unpaired) electrons. The van der Waals surface area contributed by atoms with E-state index in [1.807, 2.05) is 42.2 Å². The largest absolute Gasteiger partial charge is 0.395 e. The third-order valence-electron chi connectivity index (χ3n) is 2.96. The molecule has 0 saturated carbocycles. The quantitative estimate of drug-likeness (QED) is 0.818. The molecule has 0 heterocycles. The van der Waals surface area contributed by atoms with Crippen LogP contribution in [0.4, 0.5) is 0 Å². The van der Waals surface area contributed by atoms with Gasteiger partial charge in [0.2, 0.25) is 5.91 Å². The van der Waals surface area contributed by atoms with Crippen LogP contribution >= 0.6 is 0 Å². The van der Waals surface area contributed by atoms with Crippen LogP contribution < -0.4 is 0 Å². The lowest BCUT2D eigenvalue weighted by molar-refractivity contribution is -0.134. The number of rotatable bonds is 6. The smallest absolute Gasteiger partial charge is 0.239 e. The average molecular weight is 250 g/mol. The normalized spacial score (nSPS) is 12.5. The summed E-state index contributed by atoms with van der Waals surface area (Å²) in [7, 11) is 3.50. The fourth-order valence-electron chi connectivity index (χ4n) is 1.89. The second-order valence-corrected chi connectivity index (χ2v) is 4.59. The highest BCUT2D eigenvalue weighted by atomic mass is 16.3. The van der Waals surface area contributed by atoms with Crippen LogP contribution in [0.2, 0.25) is 0 Å². The van der Waals surface area contributed by atoms with E-state index >= 15 is 0 Å². The molecule has 1 unspecified atom stereocenters. The Bertz CT molecular complexity index is 365. The minimum Gasteiger partial charge on any atom is -0.395 e. The lowest BCUT2D eigenvalue weighted by atomic mass is 10.1. The van der Waals surface area contributed by atoms with Crippen LogP contribution in [0.1, 0.15) is 12.5 Å². The Kier molecular flexibility index (Phi) is 5.82. The zero-order chi connectivity index (χ0) is 13.5. The molecular formula is C14H22N2O2. The van der Waals surface area contributed by atoms with Crippen molar-refractivity contribution >= 4 is 5.91 Å². The number of carbonyl (C=O) groups is 1. The van der Waals surface area contributed by atoms with Crippen molar-refractivity contribution in [2.45, 2.75) is 19.5 Å². The molecule has 1 aromatic rings. The standard InChI is InChI=1S/C14H22N2O2/c1-12(14(18)15(2)3)16(9-10-17)11-13-7-5-4-6-8-13/h4-8,12,17H,9-11H2,1-3H3. The van der Waals surface area contributed by atoms with E-state index in [4.69, 9.17) is 5.11 Å². The van der Waals surface area contributed by atoms with Crippen molar-refractivity contribution in [3.63, 3.8) is 0 Å². The van der Waals surface area contributed by atoms with Crippen molar-refractivity contribution < 1.29 is 9.90 Å². The zero-order valence-electron chi connectivity index (χ0n) is 11.3. The molecule has 0 bridgehead atoms. The van der Waals surface area contributed by atoms with Crippen LogP contribution in [-0.2, 0) is 11.3 Å². The maximum absolute atomic E-state index is 12.0. The Morgan fingerprint density at radius 3 is 2.39 bits per heavy atom. The SMILES string of the molecule is CC(C(=O)N(C)C)N(CCO)Cc1ccccc1. The summed E-state index contributed by atoms with van der Waals surface area (Å²) in [4.78, 5) is 15.5. The van der Waals surface area contributed by atoms with E-state index in [1.165, 1.54) is 0 Å². The molecule has 18 heavy (non-hydrogen) atoms. The van der Waals surface area contributed by atoms with Gasteiger partial charge in [-0.2, -0.15) is 0 Å². The molecule has 0 fully saturated rings. The highest BCUT2D eigenvalue weighted by Gasteiger charge is 2.22. The second kappa shape index (κ2) is 7.13. The number of likely N-dealkylation sites (N-methyl/N-ethyl adjacent to an activating group) is 1. The highest BCUT2D eigenvalue weighted by Crippen LogP contribution is 2.09. The topological polar surface area (TPSA) is 43.8 Å². The summed E-state index contributed by atoms with van der Waals surface area (Å²) in [6, 6.07) is 9.74. The number of nitrogens with zero attached hydrogens (tertiary/aromatic N) is 2. The molecule has 1 amide bonds. The van der Waals surface area contributed by atoms with Gasteiger partial charge in [0.15, 0.2) is 0 Å². The van der Waals surface area contributed by atoms with Gasteiger partial charge in [0, 0.05) is 27.2 Å². The summed E-state index contributed by atoms with van der Waals surface area (Å²) in [5, 5.41) is 9.12. The minimum absolute atomic E-state index is 0.0535. The Balaban J connectivity index is 2.73. The van der Waals surface area contributed by atoms with Crippen molar-refractivity contribution in [2.24, 2.45) is 0 Å². The molecule has 1 aromatic carbocycles. The average Bonchev–Trinajstić information content (AvgIpc) is 2.37. The first-order chi connectivity index (χ1) is 8.56. The van der Waals surface area contributed by atoms with E-state index in [2.05, 4.69) is 0 Å². The van der Waals surface area contributed by atoms with Gasteiger partial charge in [-0.05, 0) is 12.5 Å². The zero-order valence-corrected chi connectivity index (χ0v) is 11.3. The summed E-state index contributed by atoms with van der Waals surface area (Å²) < 4.78 is 0. The number of carbonyl (C=O) groups excluding carboxylic acids is 1. The molecule has 100 valence electrons. The monoisotopic (exact) mass is 250 g/mol. The van der Waals surface area contributed by atoms with Crippen LogP contribution in [0.3, 0.4) is 0 Å². The summed E-state index contributed by atoms with van der Waals surface area (Å²) in [5.74, 6) is 0.0550. The van der Waals surface area contributed by atoms with E-state index in [9.17, 15) is 4.79 Å². The van der Waals surface area contributed by atoms with Crippen LogP contribution in [0.25, 0.3) is 0 Å². The Labute approximate surface area is 109 Å². The molecule has 0 saturated heterocycles. The predicted octanol–water partition coefficient (Wildman–Crippen LogP) is 0.958. The number of amides is 1. The Hall–Kier alpha value is -1.39. The molecule has 1 rings (SSSR count). The van der Waals surface area contributed by atoms with Gasteiger partial charge in [-0.25, -0.2) is 0 Å². The first-order valence-electron chi connectivity index (χ1n) is 6.16. The fraction of sp³-hybridized carbons (Fsp3) is 0.500. The number of benzene rings is 1. The molecule has 0 spiro atoms. The maximum Gasteiger partial charge on any atom is 0.239 e. The summed E-state index contributed by atoms with van der Waals surface area (Å²) in [5.41, 5.74) is 1.14. The highest BCUT2D eigenvalue weighted by molar-refractivity contribution is 5.80. The van der Waals surface area contributed by atoms with Gasteiger partial charge < -0.3 is 10.0 Å². The molecule has 0 aliphatic rings. The van der Waals surface area contributed by atoms with Crippen LogP contribution in [-0.4, -0.2) is 54.1 Å². The number of hydrogen-bond acceptors (Lipinski definition) is 3. The van der Waals surface area contributed by atoms with Crippen LogP contribution in [0.15, 0.2) is 30.3 Å². The molecule has 1 N–H and O–H groups in total. The Morgan fingerprint density at radius 1 is 1.28 bits per heavy atom. The summed E-state index contributed by atoms with van der Waals surface area (Å²) in [6.45, 7) is 3.09. The lowest BCUT2D eigenvalue weighted by Gasteiger charge is -2.29. The third-order valence-corrected chi connectivity index (χ3v) is 2.96. The van der Waals surface area contributed by atoms with Crippen LogP contribution in [0, 0.1) is 0 Å².